The highest BCUT2D eigenvalue weighted by atomic mass is 35.5. The molecule has 1 N–H and O–H groups in total. The van der Waals surface area contributed by atoms with Crippen molar-refractivity contribution in [2.24, 2.45) is 5.92 Å². The molecule has 1 fully saturated rings. The first kappa shape index (κ1) is 25.9. The molecule has 4 atom stereocenters. The van der Waals surface area contributed by atoms with Crippen molar-refractivity contribution in [1.29, 1.82) is 0 Å². The van der Waals surface area contributed by atoms with E-state index in [2.05, 4.69) is 5.32 Å². The lowest BCUT2D eigenvalue weighted by Crippen LogP contribution is -2.49. The van der Waals surface area contributed by atoms with E-state index in [1.807, 2.05) is 42.5 Å². The predicted octanol–water partition coefficient (Wildman–Crippen LogP) is 6.23. The molecule has 1 amide bonds. The number of non-ortho nitro benzene ring substituents is 1. The molecule has 1 spiro atoms. The number of anilines is 1. The van der Waals surface area contributed by atoms with Crippen molar-refractivity contribution in [3.63, 3.8) is 0 Å². The Kier molecular flexibility index (Phi) is 5.85. The number of carbonyl (C=O) groups is 3. The minimum absolute atomic E-state index is 0.0703. The molecule has 0 aromatic heterocycles. The number of nitrogens with one attached hydrogen (secondary N) is 1. The van der Waals surface area contributed by atoms with Gasteiger partial charge in [0.25, 0.3) is 5.69 Å². The number of nitro groups is 1. The molecule has 0 unspecified atom stereocenters. The summed E-state index contributed by atoms with van der Waals surface area (Å²) in [6.07, 6.45) is 3.61. The van der Waals surface area contributed by atoms with Crippen LogP contribution in [-0.4, -0.2) is 33.3 Å². The van der Waals surface area contributed by atoms with Gasteiger partial charge in [-0.3, -0.25) is 24.5 Å². The van der Waals surface area contributed by atoms with Crippen LogP contribution in [0.2, 0.25) is 5.02 Å². The standard InChI is InChI=1S/C33H22ClN3O5/c34-25-14-5-3-12-23(25)30(39)27-28(29(38)20-9-7-10-21(18-20)37(41)42)36-17-16-19-8-1-2-11-22(19)31(36)33(27)24-13-4-6-15-26(24)35-32(33)40/h1-18,27-28,31H,(H,35,40)/t27-,28+,31+,33+/m0/s1. The van der Waals surface area contributed by atoms with Gasteiger partial charge in [0.05, 0.1) is 21.9 Å². The second-order valence-corrected chi connectivity index (χ2v) is 11.0. The lowest BCUT2D eigenvalue weighted by molar-refractivity contribution is -0.384. The average Bonchev–Trinajstić information content (AvgIpc) is 3.49. The van der Waals surface area contributed by atoms with Gasteiger partial charge in [-0.15, -0.1) is 0 Å². The highest BCUT2D eigenvalue weighted by molar-refractivity contribution is 6.34. The van der Waals surface area contributed by atoms with Gasteiger partial charge < -0.3 is 10.2 Å². The minimum Gasteiger partial charge on any atom is -0.358 e. The SMILES string of the molecule is O=C(c1ccccc1Cl)[C@@H]1[C@H](C(=O)c2cccc([N+](=O)[O-])c2)N2C=Cc3ccccc3[C@@H]2[C@]12C(=O)Nc1ccccc12. The lowest BCUT2D eigenvalue weighted by atomic mass is 9.62. The van der Waals surface area contributed by atoms with Crippen LogP contribution < -0.4 is 5.32 Å². The van der Waals surface area contributed by atoms with Crippen LogP contribution in [0.4, 0.5) is 11.4 Å². The number of amides is 1. The van der Waals surface area contributed by atoms with E-state index >= 15 is 0 Å². The second kappa shape index (κ2) is 9.49. The van der Waals surface area contributed by atoms with Gasteiger partial charge in [0, 0.05) is 35.1 Å². The minimum atomic E-state index is -1.52. The molecule has 3 heterocycles. The molecular weight excluding hydrogens is 554 g/mol. The first-order valence-corrected chi connectivity index (χ1v) is 13.7. The summed E-state index contributed by atoms with van der Waals surface area (Å²) >= 11 is 6.55. The molecular formula is C33H22ClN3O5. The Morgan fingerprint density at radius 2 is 1.64 bits per heavy atom. The topological polar surface area (TPSA) is 110 Å². The third-order valence-electron chi connectivity index (χ3n) is 8.60. The summed E-state index contributed by atoms with van der Waals surface area (Å²) in [7, 11) is 0. The number of carbonyl (C=O) groups excluding carboxylic acids is 3. The number of Topliss-reactive ketones (excluding diaryl/α,β-unsaturated/α-hetero) is 2. The molecule has 4 aromatic rings. The van der Waals surface area contributed by atoms with Crippen LogP contribution in [0.15, 0.2) is 103 Å². The predicted molar refractivity (Wildman–Crippen MR) is 157 cm³/mol. The quantitative estimate of drug-likeness (QED) is 0.172. The van der Waals surface area contributed by atoms with E-state index in [0.29, 0.717) is 11.3 Å². The van der Waals surface area contributed by atoms with Gasteiger partial charge in [-0.2, -0.15) is 0 Å². The van der Waals surface area contributed by atoms with Gasteiger partial charge in [-0.25, -0.2) is 0 Å². The summed E-state index contributed by atoms with van der Waals surface area (Å²) in [4.78, 5) is 56.6. The summed E-state index contributed by atoms with van der Waals surface area (Å²) in [6.45, 7) is 0. The van der Waals surface area contributed by atoms with E-state index in [9.17, 15) is 24.5 Å². The van der Waals surface area contributed by atoms with Crippen molar-refractivity contribution >= 4 is 46.5 Å². The van der Waals surface area contributed by atoms with Gasteiger partial charge in [0.15, 0.2) is 11.6 Å². The number of rotatable bonds is 5. The molecule has 9 heteroatoms. The summed E-state index contributed by atoms with van der Waals surface area (Å²) in [6, 6.07) is 24.9. The number of para-hydroxylation sites is 1. The largest absolute Gasteiger partial charge is 0.358 e. The maximum atomic E-state index is 14.8. The summed E-state index contributed by atoms with van der Waals surface area (Å²) in [5.74, 6) is -2.60. The zero-order chi connectivity index (χ0) is 29.2. The second-order valence-electron chi connectivity index (χ2n) is 10.6. The van der Waals surface area contributed by atoms with Crippen LogP contribution in [0, 0.1) is 16.0 Å². The molecule has 0 bridgehead atoms. The van der Waals surface area contributed by atoms with Crippen LogP contribution in [0.5, 0.6) is 0 Å². The molecule has 0 saturated carbocycles. The number of ketones is 2. The Morgan fingerprint density at radius 1 is 0.905 bits per heavy atom. The first-order chi connectivity index (χ1) is 20.3. The molecule has 3 aliphatic rings. The summed E-state index contributed by atoms with van der Waals surface area (Å²) in [5, 5.41) is 14.8. The zero-order valence-corrected chi connectivity index (χ0v) is 22.7. The third-order valence-corrected chi connectivity index (χ3v) is 8.93. The van der Waals surface area contributed by atoms with E-state index < -0.39 is 45.8 Å². The lowest BCUT2D eigenvalue weighted by Gasteiger charge is -2.38. The molecule has 42 heavy (non-hydrogen) atoms. The average molecular weight is 576 g/mol. The maximum absolute atomic E-state index is 14.8. The van der Waals surface area contributed by atoms with Crippen LogP contribution >= 0.6 is 11.6 Å². The highest BCUT2D eigenvalue weighted by Crippen LogP contribution is 2.62. The Bertz CT molecular complexity index is 1870. The van der Waals surface area contributed by atoms with E-state index in [1.54, 1.807) is 47.5 Å². The smallest absolute Gasteiger partial charge is 0.270 e. The molecule has 4 aromatic carbocycles. The molecule has 0 aliphatic carbocycles. The fourth-order valence-corrected chi connectivity index (χ4v) is 7.17. The molecule has 3 aliphatic heterocycles. The normalized spacial score (nSPS) is 23.2. The first-order valence-electron chi connectivity index (χ1n) is 13.4. The van der Waals surface area contributed by atoms with Crippen molar-refractivity contribution in [2.45, 2.75) is 17.5 Å². The van der Waals surface area contributed by atoms with Crippen LogP contribution in [0.25, 0.3) is 6.08 Å². The Labute approximate surface area is 245 Å². The highest BCUT2D eigenvalue weighted by Gasteiger charge is 2.70. The van der Waals surface area contributed by atoms with Crippen molar-refractivity contribution in [3.8, 4) is 0 Å². The maximum Gasteiger partial charge on any atom is 0.270 e. The van der Waals surface area contributed by atoms with Crippen molar-refractivity contribution in [1.82, 2.24) is 4.90 Å². The van der Waals surface area contributed by atoms with Crippen LogP contribution in [0.1, 0.15) is 43.4 Å². The molecule has 206 valence electrons. The Balaban J connectivity index is 1.54. The third kappa shape index (κ3) is 3.51. The van der Waals surface area contributed by atoms with E-state index in [0.717, 1.165) is 11.1 Å². The fraction of sp³-hybridized carbons (Fsp3) is 0.121. The Morgan fingerprint density at radius 3 is 2.45 bits per heavy atom. The van der Waals surface area contributed by atoms with Crippen LogP contribution in [0.3, 0.4) is 0 Å². The molecule has 7 rings (SSSR count). The van der Waals surface area contributed by atoms with E-state index in [1.165, 1.54) is 24.3 Å². The van der Waals surface area contributed by atoms with Gasteiger partial charge in [-0.05, 0) is 41.0 Å². The van der Waals surface area contributed by atoms with Crippen molar-refractivity contribution in [3.05, 3.63) is 146 Å². The van der Waals surface area contributed by atoms with Gasteiger partial charge in [-0.1, -0.05) is 78.3 Å². The number of nitrogens with zero attached hydrogens (tertiary/aromatic N) is 2. The Hall–Kier alpha value is -5.08. The van der Waals surface area contributed by atoms with Crippen molar-refractivity contribution < 1.29 is 19.3 Å². The van der Waals surface area contributed by atoms with E-state index in [4.69, 9.17) is 11.6 Å². The molecule has 1 saturated heterocycles. The number of hydrogen-bond acceptors (Lipinski definition) is 6. The van der Waals surface area contributed by atoms with Crippen LogP contribution in [-0.2, 0) is 10.2 Å². The summed E-state index contributed by atoms with van der Waals surface area (Å²) < 4.78 is 0. The number of nitro benzene ring substituents is 1. The van der Waals surface area contributed by atoms with Gasteiger partial charge in [0.2, 0.25) is 5.91 Å². The van der Waals surface area contributed by atoms with Gasteiger partial charge >= 0.3 is 0 Å². The summed E-state index contributed by atoms with van der Waals surface area (Å²) in [5.41, 5.74) is 1.32. The number of halogens is 1. The number of benzene rings is 4. The van der Waals surface area contributed by atoms with Gasteiger partial charge in [0.1, 0.15) is 11.5 Å². The number of fused-ring (bicyclic) bond motifs is 6. The zero-order valence-electron chi connectivity index (χ0n) is 21.9. The number of hydrogen-bond donors (Lipinski definition) is 1. The fourth-order valence-electron chi connectivity index (χ4n) is 6.94. The van der Waals surface area contributed by atoms with Crippen molar-refractivity contribution in [2.75, 3.05) is 5.32 Å². The molecule has 0 radical (unpaired) electrons. The monoisotopic (exact) mass is 575 g/mol. The molecule has 8 nitrogen and oxygen atoms in total. The van der Waals surface area contributed by atoms with E-state index in [-0.39, 0.29) is 21.8 Å².